The number of nitrogens with two attached hydrogens (primary N) is 1. The van der Waals surface area contributed by atoms with E-state index in [0.717, 1.165) is 29.8 Å². The molecule has 5 heteroatoms. The number of aromatic nitrogens is 1. The maximum absolute atomic E-state index is 12.4. The second kappa shape index (κ2) is 4.42. The summed E-state index contributed by atoms with van der Waals surface area (Å²) in [5.41, 5.74) is 8.90. The number of nitrogens with zero attached hydrogens (tertiary/aromatic N) is 2. The third-order valence-corrected chi connectivity index (χ3v) is 3.31. The van der Waals surface area contributed by atoms with Crippen molar-refractivity contribution < 1.29 is 9.32 Å². The summed E-state index contributed by atoms with van der Waals surface area (Å²) in [5.74, 6) is 0.514. The fourth-order valence-corrected chi connectivity index (χ4v) is 2.43. The van der Waals surface area contributed by atoms with E-state index in [2.05, 4.69) is 5.16 Å². The fraction of sp³-hybridized carbons (Fsp3) is 0.286. The van der Waals surface area contributed by atoms with Crippen molar-refractivity contribution in [2.45, 2.75) is 19.8 Å². The lowest BCUT2D eigenvalue weighted by atomic mass is 10.0. The van der Waals surface area contributed by atoms with Crippen LogP contribution in [0.5, 0.6) is 0 Å². The number of carbonyl (C=O) groups is 1. The summed E-state index contributed by atoms with van der Waals surface area (Å²) in [6.45, 7) is 2.47. The fourth-order valence-electron chi connectivity index (χ4n) is 2.43. The molecule has 1 aliphatic heterocycles. The Kier molecular flexibility index (Phi) is 2.74. The molecule has 5 nitrogen and oxygen atoms in total. The first-order chi connectivity index (χ1) is 9.15. The van der Waals surface area contributed by atoms with Crippen molar-refractivity contribution in [2.24, 2.45) is 0 Å². The van der Waals surface area contributed by atoms with Gasteiger partial charge in [-0.3, -0.25) is 4.79 Å². The highest BCUT2D eigenvalue weighted by Gasteiger charge is 2.25. The molecule has 98 valence electrons. The largest absolute Gasteiger partial charge is 0.399 e. The maximum atomic E-state index is 12.4. The number of carbonyl (C=O) groups excluding carboxylic acids is 1. The highest BCUT2D eigenvalue weighted by molar-refractivity contribution is 6.05. The van der Waals surface area contributed by atoms with Crippen LogP contribution in [0.4, 0.5) is 11.4 Å². The monoisotopic (exact) mass is 257 g/mol. The summed E-state index contributed by atoms with van der Waals surface area (Å²) in [4.78, 5) is 14.2. The minimum Gasteiger partial charge on any atom is -0.399 e. The highest BCUT2D eigenvalue weighted by Crippen LogP contribution is 2.29. The van der Waals surface area contributed by atoms with Crippen molar-refractivity contribution in [2.75, 3.05) is 17.2 Å². The van der Waals surface area contributed by atoms with Crippen LogP contribution in [0.3, 0.4) is 0 Å². The lowest BCUT2D eigenvalue weighted by molar-refractivity contribution is 0.0976. The summed E-state index contributed by atoms with van der Waals surface area (Å²) in [6, 6.07) is 7.31. The van der Waals surface area contributed by atoms with Crippen LogP contribution in [-0.4, -0.2) is 17.6 Å². The average molecular weight is 257 g/mol. The first-order valence-electron chi connectivity index (χ1n) is 6.29. The molecule has 3 rings (SSSR count). The minimum atomic E-state index is -0.123. The van der Waals surface area contributed by atoms with Crippen LogP contribution in [0.1, 0.15) is 28.2 Å². The normalized spacial score (nSPS) is 14.3. The summed E-state index contributed by atoms with van der Waals surface area (Å²) in [5, 5.41) is 3.79. The molecular formula is C14H15N3O2. The molecule has 0 bridgehead atoms. The Hall–Kier alpha value is -2.30. The number of amides is 1. The van der Waals surface area contributed by atoms with E-state index in [4.69, 9.17) is 10.3 Å². The number of benzene rings is 1. The van der Waals surface area contributed by atoms with Crippen LogP contribution >= 0.6 is 0 Å². The molecule has 0 spiro atoms. The van der Waals surface area contributed by atoms with Gasteiger partial charge in [0.1, 0.15) is 5.76 Å². The zero-order chi connectivity index (χ0) is 13.4. The highest BCUT2D eigenvalue weighted by atomic mass is 16.5. The predicted molar refractivity (Wildman–Crippen MR) is 72.1 cm³/mol. The molecule has 0 atom stereocenters. The number of fused-ring (bicyclic) bond motifs is 1. The molecule has 0 unspecified atom stereocenters. The molecule has 1 aliphatic rings. The molecule has 2 aromatic rings. The third kappa shape index (κ3) is 2.07. The van der Waals surface area contributed by atoms with Crippen molar-refractivity contribution in [3.8, 4) is 0 Å². The van der Waals surface area contributed by atoms with Gasteiger partial charge in [0.05, 0.1) is 0 Å². The Labute approximate surface area is 111 Å². The van der Waals surface area contributed by atoms with E-state index >= 15 is 0 Å². The van der Waals surface area contributed by atoms with Crippen molar-refractivity contribution in [3.63, 3.8) is 0 Å². The standard InChI is InChI=1S/C14H15N3O2/c1-9-7-12(16-19-9)14(18)17-6-2-3-10-8-11(15)4-5-13(10)17/h4-5,7-8H,2-3,6,15H2,1H3. The summed E-state index contributed by atoms with van der Waals surface area (Å²) >= 11 is 0. The smallest absolute Gasteiger partial charge is 0.280 e. The number of aryl methyl sites for hydroxylation is 2. The van der Waals surface area contributed by atoms with E-state index in [1.807, 2.05) is 18.2 Å². The van der Waals surface area contributed by atoms with Gasteiger partial charge in [-0.25, -0.2) is 0 Å². The third-order valence-electron chi connectivity index (χ3n) is 3.31. The van der Waals surface area contributed by atoms with E-state index in [9.17, 15) is 4.79 Å². The molecule has 1 aromatic carbocycles. The number of hydrogen-bond donors (Lipinski definition) is 1. The van der Waals surface area contributed by atoms with Gasteiger partial charge in [-0.05, 0) is 43.5 Å². The molecule has 2 N–H and O–H groups in total. The van der Waals surface area contributed by atoms with Crippen LogP contribution in [-0.2, 0) is 6.42 Å². The van der Waals surface area contributed by atoms with Gasteiger partial charge in [0, 0.05) is 24.0 Å². The van der Waals surface area contributed by atoms with E-state index in [1.165, 1.54) is 0 Å². The maximum Gasteiger partial charge on any atom is 0.280 e. The Bertz CT molecular complexity index is 633. The Morgan fingerprint density at radius 3 is 3.00 bits per heavy atom. The van der Waals surface area contributed by atoms with Crippen molar-refractivity contribution in [3.05, 3.63) is 41.3 Å². The molecule has 1 aromatic heterocycles. The van der Waals surface area contributed by atoms with Gasteiger partial charge in [0.15, 0.2) is 5.69 Å². The van der Waals surface area contributed by atoms with E-state index in [-0.39, 0.29) is 5.91 Å². The molecular weight excluding hydrogens is 242 g/mol. The molecule has 0 saturated heterocycles. The van der Waals surface area contributed by atoms with Crippen LogP contribution < -0.4 is 10.6 Å². The topological polar surface area (TPSA) is 72.4 Å². The van der Waals surface area contributed by atoms with Crippen molar-refractivity contribution in [1.82, 2.24) is 5.16 Å². The van der Waals surface area contributed by atoms with Gasteiger partial charge in [0.25, 0.3) is 5.91 Å². The van der Waals surface area contributed by atoms with E-state index in [0.29, 0.717) is 18.0 Å². The Morgan fingerprint density at radius 2 is 2.26 bits per heavy atom. The summed E-state index contributed by atoms with van der Waals surface area (Å²) < 4.78 is 4.97. The van der Waals surface area contributed by atoms with Crippen LogP contribution in [0, 0.1) is 6.92 Å². The molecule has 0 aliphatic carbocycles. The van der Waals surface area contributed by atoms with Gasteiger partial charge < -0.3 is 15.2 Å². The number of hydrogen-bond acceptors (Lipinski definition) is 4. The second-order valence-electron chi connectivity index (χ2n) is 4.77. The Balaban J connectivity index is 1.97. The predicted octanol–water partition coefficient (Wildman–Crippen LogP) is 2.16. The zero-order valence-electron chi connectivity index (χ0n) is 10.7. The number of anilines is 2. The summed E-state index contributed by atoms with van der Waals surface area (Å²) in [6.07, 6.45) is 1.88. The zero-order valence-corrected chi connectivity index (χ0v) is 10.7. The van der Waals surface area contributed by atoms with Crippen LogP contribution in [0.25, 0.3) is 0 Å². The van der Waals surface area contributed by atoms with E-state index < -0.39 is 0 Å². The Morgan fingerprint density at radius 1 is 1.42 bits per heavy atom. The average Bonchev–Trinajstić information content (AvgIpc) is 2.83. The van der Waals surface area contributed by atoms with Gasteiger partial charge in [0.2, 0.25) is 0 Å². The van der Waals surface area contributed by atoms with Gasteiger partial charge in [-0.2, -0.15) is 0 Å². The first-order valence-corrected chi connectivity index (χ1v) is 6.29. The lowest BCUT2D eigenvalue weighted by Crippen LogP contribution is -2.35. The molecule has 1 amide bonds. The second-order valence-corrected chi connectivity index (χ2v) is 4.77. The van der Waals surface area contributed by atoms with Gasteiger partial charge >= 0.3 is 0 Å². The molecule has 19 heavy (non-hydrogen) atoms. The first kappa shape index (κ1) is 11.8. The minimum absolute atomic E-state index is 0.123. The van der Waals surface area contributed by atoms with Crippen LogP contribution in [0.2, 0.25) is 0 Å². The molecule has 0 fully saturated rings. The van der Waals surface area contributed by atoms with Crippen LogP contribution in [0.15, 0.2) is 28.8 Å². The lowest BCUT2D eigenvalue weighted by Gasteiger charge is -2.29. The molecule has 2 heterocycles. The number of rotatable bonds is 1. The molecule has 0 radical (unpaired) electrons. The number of nitrogen functional groups attached to an aromatic ring is 1. The van der Waals surface area contributed by atoms with Gasteiger partial charge in [-0.1, -0.05) is 5.16 Å². The van der Waals surface area contributed by atoms with Gasteiger partial charge in [-0.15, -0.1) is 0 Å². The SMILES string of the molecule is Cc1cc(C(=O)N2CCCc3cc(N)ccc32)no1. The van der Waals surface area contributed by atoms with Crippen molar-refractivity contribution >= 4 is 17.3 Å². The quantitative estimate of drug-likeness (QED) is 0.794. The van der Waals surface area contributed by atoms with Crippen molar-refractivity contribution in [1.29, 1.82) is 0 Å². The molecule has 0 saturated carbocycles. The van der Waals surface area contributed by atoms with E-state index in [1.54, 1.807) is 17.9 Å². The summed E-state index contributed by atoms with van der Waals surface area (Å²) in [7, 11) is 0.